The molecular weight excluding hydrogens is 176 g/mol. The summed E-state index contributed by atoms with van der Waals surface area (Å²) in [6.45, 7) is 4.11. The van der Waals surface area contributed by atoms with Gasteiger partial charge in [0.2, 0.25) is 0 Å². The zero-order valence-corrected chi connectivity index (χ0v) is 8.49. The van der Waals surface area contributed by atoms with E-state index in [0.717, 1.165) is 17.7 Å². The Morgan fingerprint density at radius 2 is 2.07 bits per heavy atom. The third-order valence-electron chi connectivity index (χ3n) is 2.73. The molecule has 0 saturated carbocycles. The average molecular weight is 190 g/mol. The molecule has 1 aromatic carbocycles. The van der Waals surface area contributed by atoms with Gasteiger partial charge < -0.3 is 4.74 Å². The molecule has 74 valence electrons. The Hall–Kier alpha value is -1.31. The molecule has 1 aliphatic heterocycles. The molecular formula is C12H14O2. The largest absolute Gasteiger partial charge is 0.426 e. The maximum Gasteiger partial charge on any atom is 0.314 e. The highest BCUT2D eigenvalue weighted by molar-refractivity contribution is 5.78. The molecule has 1 aromatic rings. The fourth-order valence-electron chi connectivity index (χ4n) is 1.78. The molecule has 2 heteroatoms. The van der Waals surface area contributed by atoms with Crippen LogP contribution in [0.2, 0.25) is 0 Å². The van der Waals surface area contributed by atoms with Crippen LogP contribution in [-0.2, 0) is 11.2 Å². The third-order valence-corrected chi connectivity index (χ3v) is 2.73. The van der Waals surface area contributed by atoms with Gasteiger partial charge in [0.05, 0.1) is 5.92 Å². The van der Waals surface area contributed by atoms with E-state index < -0.39 is 0 Å². The lowest BCUT2D eigenvalue weighted by molar-refractivity contribution is -0.141. The molecule has 2 nitrogen and oxygen atoms in total. The first-order valence-electron chi connectivity index (χ1n) is 4.98. The van der Waals surface area contributed by atoms with Gasteiger partial charge in [-0.25, -0.2) is 0 Å². The van der Waals surface area contributed by atoms with E-state index in [4.69, 9.17) is 4.74 Å². The van der Waals surface area contributed by atoms with Crippen LogP contribution in [0.3, 0.4) is 0 Å². The quantitative estimate of drug-likeness (QED) is 0.502. The van der Waals surface area contributed by atoms with Gasteiger partial charge in [0.1, 0.15) is 5.75 Å². The highest BCUT2D eigenvalue weighted by atomic mass is 16.5. The first-order chi connectivity index (χ1) is 6.68. The van der Waals surface area contributed by atoms with E-state index in [1.54, 1.807) is 0 Å². The molecule has 0 aromatic heterocycles. The predicted molar refractivity (Wildman–Crippen MR) is 54.1 cm³/mol. The van der Waals surface area contributed by atoms with Crippen LogP contribution in [0.15, 0.2) is 24.3 Å². The molecule has 0 spiro atoms. The zero-order chi connectivity index (χ0) is 10.1. The Bertz CT molecular complexity index is 355. The molecule has 1 aliphatic rings. The van der Waals surface area contributed by atoms with Gasteiger partial charge in [0.25, 0.3) is 0 Å². The number of rotatable bonds is 1. The van der Waals surface area contributed by atoms with Gasteiger partial charge in [0.15, 0.2) is 0 Å². The van der Waals surface area contributed by atoms with Crippen LogP contribution in [-0.4, -0.2) is 5.97 Å². The van der Waals surface area contributed by atoms with E-state index in [0.29, 0.717) is 5.92 Å². The fourth-order valence-corrected chi connectivity index (χ4v) is 1.78. The SMILES string of the molecule is CC(C)[C@@H]1Cc2ccccc2OC1=O. The Kier molecular flexibility index (Phi) is 2.28. The second-order valence-corrected chi connectivity index (χ2v) is 4.08. The smallest absolute Gasteiger partial charge is 0.314 e. The topological polar surface area (TPSA) is 26.3 Å². The minimum absolute atomic E-state index is 0.0184. The number of hydrogen-bond acceptors (Lipinski definition) is 2. The van der Waals surface area contributed by atoms with E-state index in [1.807, 2.05) is 24.3 Å². The lowest BCUT2D eigenvalue weighted by Crippen LogP contribution is -2.31. The molecule has 0 amide bonds. The summed E-state index contributed by atoms with van der Waals surface area (Å²) in [5.74, 6) is 1.01. The maximum absolute atomic E-state index is 11.6. The summed E-state index contributed by atoms with van der Waals surface area (Å²) in [7, 11) is 0. The Morgan fingerprint density at radius 1 is 1.36 bits per heavy atom. The van der Waals surface area contributed by atoms with Gasteiger partial charge in [-0.2, -0.15) is 0 Å². The van der Waals surface area contributed by atoms with Gasteiger partial charge in [0, 0.05) is 0 Å². The third kappa shape index (κ3) is 1.52. The second kappa shape index (κ2) is 3.45. The number of esters is 1. The van der Waals surface area contributed by atoms with Crippen molar-refractivity contribution in [1.82, 2.24) is 0 Å². The summed E-state index contributed by atoms with van der Waals surface area (Å²) in [4.78, 5) is 11.6. The molecule has 1 heterocycles. The number of carbonyl (C=O) groups excluding carboxylic acids is 1. The van der Waals surface area contributed by atoms with Gasteiger partial charge >= 0.3 is 5.97 Å². The summed E-state index contributed by atoms with van der Waals surface area (Å²) in [6.07, 6.45) is 0.812. The van der Waals surface area contributed by atoms with Crippen molar-refractivity contribution in [3.8, 4) is 5.75 Å². The molecule has 0 N–H and O–H groups in total. The van der Waals surface area contributed by atoms with Crippen molar-refractivity contribution in [3.05, 3.63) is 29.8 Å². The summed E-state index contributed by atoms with van der Waals surface area (Å²) < 4.78 is 5.27. The van der Waals surface area contributed by atoms with E-state index >= 15 is 0 Å². The zero-order valence-electron chi connectivity index (χ0n) is 8.49. The van der Waals surface area contributed by atoms with Gasteiger partial charge in [-0.05, 0) is 24.0 Å². The molecule has 14 heavy (non-hydrogen) atoms. The van der Waals surface area contributed by atoms with Crippen LogP contribution in [0.1, 0.15) is 19.4 Å². The van der Waals surface area contributed by atoms with Crippen molar-refractivity contribution in [3.63, 3.8) is 0 Å². The first-order valence-corrected chi connectivity index (χ1v) is 4.98. The maximum atomic E-state index is 11.6. The van der Waals surface area contributed by atoms with E-state index in [1.165, 1.54) is 0 Å². The van der Waals surface area contributed by atoms with Crippen LogP contribution < -0.4 is 4.74 Å². The van der Waals surface area contributed by atoms with Crippen molar-refractivity contribution in [2.45, 2.75) is 20.3 Å². The molecule has 0 fully saturated rings. The Balaban J connectivity index is 2.31. The molecule has 0 unspecified atom stereocenters. The standard InChI is InChI=1S/C12H14O2/c1-8(2)10-7-9-5-3-4-6-11(9)14-12(10)13/h3-6,8,10H,7H2,1-2H3/t10-/m0/s1. The van der Waals surface area contributed by atoms with Crippen LogP contribution in [0, 0.1) is 11.8 Å². The summed E-state index contributed by atoms with van der Waals surface area (Å²) in [6, 6.07) is 7.75. The number of carbonyl (C=O) groups is 1. The number of fused-ring (bicyclic) bond motifs is 1. The average Bonchev–Trinajstić information content (AvgIpc) is 2.16. The summed E-state index contributed by atoms with van der Waals surface area (Å²) in [5, 5.41) is 0. The van der Waals surface area contributed by atoms with Crippen molar-refractivity contribution >= 4 is 5.97 Å². The number of para-hydroxylation sites is 1. The molecule has 0 bridgehead atoms. The van der Waals surface area contributed by atoms with Crippen LogP contribution in [0.25, 0.3) is 0 Å². The molecule has 0 radical (unpaired) electrons. The normalized spacial score (nSPS) is 20.5. The van der Waals surface area contributed by atoms with Crippen molar-refractivity contribution in [2.24, 2.45) is 11.8 Å². The lowest BCUT2D eigenvalue weighted by atomic mass is 9.87. The Labute approximate surface area is 83.9 Å². The van der Waals surface area contributed by atoms with Crippen molar-refractivity contribution in [2.75, 3.05) is 0 Å². The fraction of sp³-hybridized carbons (Fsp3) is 0.417. The molecule has 0 aliphatic carbocycles. The van der Waals surface area contributed by atoms with E-state index in [-0.39, 0.29) is 11.9 Å². The lowest BCUT2D eigenvalue weighted by Gasteiger charge is -2.25. The van der Waals surface area contributed by atoms with Crippen LogP contribution in [0.4, 0.5) is 0 Å². The number of hydrogen-bond donors (Lipinski definition) is 0. The van der Waals surface area contributed by atoms with E-state index in [2.05, 4.69) is 13.8 Å². The number of benzene rings is 1. The summed E-state index contributed by atoms with van der Waals surface area (Å²) in [5.41, 5.74) is 1.14. The first kappa shape index (κ1) is 9.25. The highest BCUT2D eigenvalue weighted by Crippen LogP contribution is 2.30. The number of ether oxygens (including phenoxy) is 1. The van der Waals surface area contributed by atoms with Crippen molar-refractivity contribution < 1.29 is 9.53 Å². The van der Waals surface area contributed by atoms with E-state index in [9.17, 15) is 4.79 Å². The minimum Gasteiger partial charge on any atom is -0.426 e. The van der Waals surface area contributed by atoms with Crippen molar-refractivity contribution in [1.29, 1.82) is 0 Å². The Morgan fingerprint density at radius 3 is 2.79 bits per heavy atom. The minimum atomic E-state index is -0.0845. The van der Waals surface area contributed by atoms with Crippen LogP contribution >= 0.6 is 0 Å². The highest BCUT2D eigenvalue weighted by Gasteiger charge is 2.30. The molecule has 1 atom stereocenters. The molecule has 0 saturated heterocycles. The summed E-state index contributed by atoms with van der Waals surface area (Å²) >= 11 is 0. The molecule has 2 rings (SSSR count). The predicted octanol–water partition coefficient (Wildman–Crippen LogP) is 2.42. The van der Waals surface area contributed by atoms with Gasteiger partial charge in [-0.1, -0.05) is 32.0 Å². The van der Waals surface area contributed by atoms with Gasteiger partial charge in [-0.15, -0.1) is 0 Å². The monoisotopic (exact) mass is 190 g/mol. The van der Waals surface area contributed by atoms with Crippen LogP contribution in [0.5, 0.6) is 5.75 Å². The second-order valence-electron chi connectivity index (χ2n) is 4.08. The van der Waals surface area contributed by atoms with Gasteiger partial charge in [-0.3, -0.25) is 4.79 Å².